The maximum absolute atomic E-state index is 11.6. The van der Waals surface area contributed by atoms with Gasteiger partial charge in [-0.05, 0) is 36.6 Å². The quantitative estimate of drug-likeness (QED) is 0.811. The van der Waals surface area contributed by atoms with Crippen molar-refractivity contribution in [2.24, 2.45) is 0 Å². The van der Waals surface area contributed by atoms with E-state index in [1.807, 2.05) is 26.0 Å². The van der Waals surface area contributed by atoms with Gasteiger partial charge in [-0.1, -0.05) is 6.07 Å². The second-order valence-electron chi connectivity index (χ2n) is 4.58. The van der Waals surface area contributed by atoms with Crippen LogP contribution in [0.1, 0.15) is 33.2 Å². The van der Waals surface area contributed by atoms with Gasteiger partial charge in [0.25, 0.3) is 0 Å². The molecule has 1 N–H and O–H groups in total. The number of ether oxygens (including phenoxy) is 2. The number of hydrogen-bond donors (Lipinski definition) is 1. The number of carbonyl (C=O) groups is 1. The molecule has 1 heterocycles. The molecular weight excluding hydrogens is 230 g/mol. The number of esters is 1. The topological polar surface area (TPSA) is 47.6 Å². The Bertz CT molecular complexity index is 451. The van der Waals surface area contributed by atoms with Crippen molar-refractivity contribution in [3.8, 4) is 0 Å². The third-order valence-corrected chi connectivity index (χ3v) is 3.29. The molecular formula is C14H19NO3. The molecule has 2 rings (SSSR count). The van der Waals surface area contributed by atoms with Crippen LogP contribution in [0.5, 0.6) is 0 Å². The summed E-state index contributed by atoms with van der Waals surface area (Å²) in [7, 11) is 1.40. The van der Waals surface area contributed by atoms with Gasteiger partial charge in [0.1, 0.15) is 0 Å². The first-order valence-corrected chi connectivity index (χ1v) is 6.15. The van der Waals surface area contributed by atoms with E-state index in [2.05, 4.69) is 5.32 Å². The summed E-state index contributed by atoms with van der Waals surface area (Å²) in [4.78, 5) is 11.6. The van der Waals surface area contributed by atoms with Crippen LogP contribution in [-0.4, -0.2) is 32.8 Å². The minimum atomic E-state index is -0.287. The number of methoxy groups -OCH3 is 1. The van der Waals surface area contributed by atoms with Gasteiger partial charge in [0, 0.05) is 13.1 Å². The Morgan fingerprint density at radius 1 is 1.39 bits per heavy atom. The zero-order valence-corrected chi connectivity index (χ0v) is 11.1. The lowest BCUT2D eigenvalue weighted by Gasteiger charge is -2.26. The average molecular weight is 249 g/mol. The molecule has 98 valence electrons. The van der Waals surface area contributed by atoms with Crippen molar-refractivity contribution in [1.29, 1.82) is 0 Å². The van der Waals surface area contributed by atoms with E-state index in [4.69, 9.17) is 9.47 Å². The molecule has 1 aliphatic heterocycles. The van der Waals surface area contributed by atoms with Crippen LogP contribution in [0, 0.1) is 13.8 Å². The third kappa shape index (κ3) is 2.54. The highest BCUT2D eigenvalue weighted by Crippen LogP contribution is 2.25. The van der Waals surface area contributed by atoms with Gasteiger partial charge in [0.05, 0.1) is 25.4 Å². The highest BCUT2D eigenvalue weighted by atomic mass is 16.5. The summed E-state index contributed by atoms with van der Waals surface area (Å²) in [5, 5.41) is 3.31. The summed E-state index contributed by atoms with van der Waals surface area (Å²) in [5.41, 5.74) is 3.76. The van der Waals surface area contributed by atoms with Crippen molar-refractivity contribution in [2.45, 2.75) is 20.0 Å². The molecule has 0 amide bonds. The maximum Gasteiger partial charge on any atom is 0.338 e. The Hall–Kier alpha value is -1.39. The van der Waals surface area contributed by atoms with E-state index in [1.54, 1.807) is 0 Å². The summed E-state index contributed by atoms with van der Waals surface area (Å²) in [5.74, 6) is -0.287. The lowest BCUT2D eigenvalue weighted by Crippen LogP contribution is -2.33. The first kappa shape index (κ1) is 13.1. The number of hydrogen-bond acceptors (Lipinski definition) is 4. The molecule has 1 atom stereocenters. The van der Waals surface area contributed by atoms with Crippen LogP contribution < -0.4 is 5.32 Å². The zero-order chi connectivity index (χ0) is 13.1. The van der Waals surface area contributed by atoms with Crippen molar-refractivity contribution < 1.29 is 14.3 Å². The van der Waals surface area contributed by atoms with Gasteiger partial charge in [-0.15, -0.1) is 0 Å². The molecule has 1 aromatic rings. The highest BCUT2D eigenvalue weighted by Gasteiger charge is 2.20. The third-order valence-electron chi connectivity index (χ3n) is 3.29. The van der Waals surface area contributed by atoms with Crippen LogP contribution in [0.3, 0.4) is 0 Å². The van der Waals surface area contributed by atoms with Crippen LogP contribution in [0.15, 0.2) is 12.1 Å². The molecule has 0 bridgehead atoms. The number of rotatable bonds is 2. The first-order valence-electron chi connectivity index (χ1n) is 6.15. The number of aryl methyl sites for hydroxylation is 2. The Labute approximate surface area is 107 Å². The largest absolute Gasteiger partial charge is 0.465 e. The molecule has 4 nitrogen and oxygen atoms in total. The molecule has 0 saturated carbocycles. The highest BCUT2D eigenvalue weighted by molar-refractivity contribution is 5.91. The van der Waals surface area contributed by atoms with Crippen LogP contribution in [0.4, 0.5) is 0 Å². The molecule has 0 aromatic heterocycles. The van der Waals surface area contributed by atoms with Crippen molar-refractivity contribution in [3.63, 3.8) is 0 Å². The van der Waals surface area contributed by atoms with Gasteiger partial charge >= 0.3 is 5.97 Å². The summed E-state index contributed by atoms with van der Waals surface area (Å²) < 4.78 is 10.5. The van der Waals surface area contributed by atoms with Crippen molar-refractivity contribution in [2.75, 3.05) is 26.8 Å². The number of benzene rings is 1. The predicted octanol–water partition coefficient (Wildman–Crippen LogP) is 1.75. The molecule has 1 aromatic carbocycles. The minimum Gasteiger partial charge on any atom is -0.465 e. The molecule has 1 aliphatic rings. The maximum atomic E-state index is 11.6. The molecule has 0 aliphatic carbocycles. The molecule has 1 saturated heterocycles. The van der Waals surface area contributed by atoms with Crippen LogP contribution in [0.2, 0.25) is 0 Å². The standard InChI is InChI=1S/C14H19NO3/c1-9-7-12(14(16)17-3)10(2)6-11(9)13-8-15-4-5-18-13/h6-7,13,15H,4-5,8H2,1-3H3/t13-/m0/s1. The van der Waals surface area contributed by atoms with Crippen molar-refractivity contribution in [3.05, 3.63) is 34.4 Å². The Morgan fingerprint density at radius 3 is 2.78 bits per heavy atom. The van der Waals surface area contributed by atoms with Crippen molar-refractivity contribution >= 4 is 5.97 Å². The monoisotopic (exact) mass is 249 g/mol. The zero-order valence-electron chi connectivity index (χ0n) is 11.1. The summed E-state index contributed by atoms with van der Waals surface area (Å²) in [6.45, 7) is 6.36. The van der Waals surface area contributed by atoms with Gasteiger partial charge in [-0.3, -0.25) is 0 Å². The molecule has 1 fully saturated rings. The molecule has 18 heavy (non-hydrogen) atoms. The second kappa shape index (κ2) is 5.50. The fraction of sp³-hybridized carbons (Fsp3) is 0.500. The van der Waals surface area contributed by atoms with E-state index in [9.17, 15) is 4.79 Å². The summed E-state index contributed by atoms with van der Waals surface area (Å²) in [6, 6.07) is 3.91. The fourth-order valence-corrected chi connectivity index (χ4v) is 2.28. The van der Waals surface area contributed by atoms with E-state index < -0.39 is 0 Å². The van der Waals surface area contributed by atoms with Crippen molar-refractivity contribution in [1.82, 2.24) is 5.32 Å². The smallest absolute Gasteiger partial charge is 0.338 e. The Morgan fingerprint density at radius 2 is 2.17 bits per heavy atom. The van der Waals surface area contributed by atoms with Gasteiger partial charge in [-0.2, -0.15) is 0 Å². The van der Waals surface area contributed by atoms with E-state index in [0.29, 0.717) is 5.56 Å². The Kier molecular flexibility index (Phi) is 3.99. The number of carbonyl (C=O) groups excluding carboxylic acids is 1. The van der Waals surface area contributed by atoms with E-state index in [0.717, 1.165) is 36.4 Å². The lowest BCUT2D eigenvalue weighted by molar-refractivity contribution is 0.0272. The number of morpholine rings is 1. The first-order chi connectivity index (χ1) is 8.63. The van der Waals surface area contributed by atoms with Gasteiger partial charge in [0.15, 0.2) is 0 Å². The summed E-state index contributed by atoms with van der Waals surface area (Å²) >= 11 is 0. The normalized spacial score (nSPS) is 19.6. The Balaban J connectivity index is 2.33. The predicted molar refractivity (Wildman–Crippen MR) is 68.8 cm³/mol. The fourth-order valence-electron chi connectivity index (χ4n) is 2.28. The minimum absolute atomic E-state index is 0.0733. The molecule has 0 radical (unpaired) electrons. The second-order valence-corrected chi connectivity index (χ2v) is 4.58. The molecule has 0 spiro atoms. The van der Waals surface area contributed by atoms with Crippen LogP contribution in [0.25, 0.3) is 0 Å². The van der Waals surface area contributed by atoms with E-state index in [-0.39, 0.29) is 12.1 Å². The van der Waals surface area contributed by atoms with E-state index >= 15 is 0 Å². The number of nitrogens with one attached hydrogen (secondary N) is 1. The average Bonchev–Trinajstić information content (AvgIpc) is 2.41. The van der Waals surface area contributed by atoms with Gasteiger partial charge in [-0.25, -0.2) is 4.79 Å². The SMILES string of the molecule is COC(=O)c1cc(C)c([C@@H]2CNCCO2)cc1C. The van der Waals surface area contributed by atoms with Gasteiger partial charge in [0.2, 0.25) is 0 Å². The lowest BCUT2D eigenvalue weighted by atomic mass is 9.96. The molecule has 4 heteroatoms. The van der Waals surface area contributed by atoms with Crippen LogP contribution in [-0.2, 0) is 9.47 Å². The van der Waals surface area contributed by atoms with Crippen LogP contribution >= 0.6 is 0 Å². The van der Waals surface area contributed by atoms with E-state index in [1.165, 1.54) is 7.11 Å². The van der Waals surface area contributed by atoms with Gasteiger partial charge < -0.3 is 14.8 Å². The summed E-state index contributed by atoms with van der Waals surface area (Å²) in [6.07, 6.45) is 0.0733. The molecule has 0 unspecified atom stereocenters.